The van der Waals surface area contributed by atoms with E-state index in [2.05, 4.69) is 17.1 Å². The highest BCUT2D eigenvalue weighted by atomic mass is 32.2. The number of oxazole rings is 1. The summed E-state index contributed by atoms with van der Waals surface area (Å²) >= 11 is 1.54. The van der Waals surface area contributed by atoms with Crippen molar-refractivity contribution >= 4 is 39.6 Å². The molecule has 0 saturated carbocycles. The third-order valence-electron chi connectivity index (χ3n) is 4.66. The number of hydrogen-bond acceptors (Lipinski definition) is 5. The number of ether oxygens (including phenoxy) is 1. The first kappa shape index (κ1) is 15.5. The van der Waals surface area contributed by atoms with Crippen LogP contribution in [0.15, 0.2) is 70.3 Å². The summed E-state index contributed by atoms with van der Waals surface area (Å²) in [5.74, 6) is 1.26. The highest BCUT2D eigenvalue weighted by Crippen LogP contribution is 2.42. The van der Waals surface area contributed by atoms with E-state index in [9.17, 15) is 4.79 Å². The van der Waals surface area contributed by atoms with Crippen LogP contribution in [0.5, 0.6) is 5.75 Å². The Kier molecular flexibility index (Phi) is 3.68. The monoisotopic (exact) mass is 361 g/mol. The molecule has 3 aromatic carbocycles. The Morgan fingerprint density at radius 2 is 1.88 bits per heavy atom. The minimum Gasteiger partial charge on any atom is -0.431 e. The van der Waals surface area contributed by atoms with E-state index in [1.807, 2.05) is 48.5 Å². The summed E-state index contributed by atoms with van der Waals surface area (Å²) in [5.41, 5.74) is 2.74. The molecule has 1 unspecified atom stereocenters. The Morgan fingerprint density at radius 1 is 1.04 bits per heavy atom. The van der Waals surface area contributed by atoms with E-state index in [0.29, 0.717) is 23.1 Å². The average molecular weight is 361 g/mol. The van der Waals surface area contributed by atoms with Gasteiger partial charge in [0.1, 0.15) is 11.3 Å². The minimum atomic E-state index is -0.184. The molecule has 1 aliphatic rings. The number of esters is 1. The van der Waals surface area contributed by atoms with Crippen molar-refractivity contribution in [3.63, 3.8) is 0 Å². The van der Waals surface area contributed by atoms with Crippen molar-refractivity contribution in [2.45, 2.75) is 17.6 Å². The van der Waals surface area contributed by atoms with Gasteiger partial charge < -0.3 is 9.15 Å². The standard InChI is InChI=1S/C21H15NO3S/c23-19-11-14(12-26-21-22-16-7-3-4-8-17(16)25-21)20-15-6-2-1-5-13(15)9-10-18(20)24-19/h1-10,14H,11-12H2. The third-order valence-corrected chi connectivity index (χ3v) is 5.65. The molecule has 0 radical (unpaired) electrons. The molecule has 4 aromatic rings. The smallest absolute Gasteiger partial charge is 0.311 e. The van der Waals surface area contributed by atoms with Gasteiger partial charge in [-0.1, -0.05) is 54.2 Å². The van der Waals surface area contributed by atoms with Gasteiger partial charge in [-0.15, -0.1) is 0 Å². The SMILES string of the molecule is O=C1CC(CSc2nc3ccccc3o2)c2c(ccc3ccccc23)O1. The maximum Gasteiger partial charge on any atom is 0.311 e. The number of carbonyl (C=O) groups excluding carboxylic acids is 1. The van der Waals surface area contributed by atoms with Crippen LogP contribution in [0, 0.1) is 0 Å². The van der Waals surface area contributed by atoms with Crippen LogP contribution >= 0.6 is 11.8 Å². The molecule has 0 N–H and O–H groups in total. The predicted molar refractivity (Wildman–Crippen MR) is 102 cm³/mol. The molecule has 5 rings (SSSR count). The second-order valence-electron chi connectivity index (χ2n) is 6.33. The molecule has 5 heteroatoms. The van der Waals surface area contributed by atoms with Crippen LogP contribution in [0.1, 0.15) is 17.9 Å². The largest absolute Gasteiger partial charge is 0.431 e. The van der Waals surface area contributed by atoms with Gasteiger partial charge in [-0.05, 0) is 29.0 Å². The van der Waals surface area contributed by atoms with E-state index in [0.717, 1.165) is 27.4 Å². The molecule has 4 nitrogen and oxygen atoms in total. The van der Waals surface area contributed by atoms with Crippen LogP contribution in [-0.2, 0) is 4.79 Å². The second kappa shape index (κ2) is 6.18. The van der Waals surface area contributed by atoms with Crippen molar-refractivity contribution in [2.24, 2.45) is 0 Å². The quantitative estimate of drug-likeness (QED) is 0.286. The first-order chi connectivity index (χ1) is 12.8. The second-order valence-corrected chi connectivity index (χ2v) is 7.30. The normalized spacial score (nSPS) is 16.6. The zero-order chi connectivity index (χ0) is 17.5. The van der Waals surface area contributed by atoms with E-state index in [4.69, 9.17) is 9.15 Å². The molecule has 0 aliphatic carbocycles. The first-order valence-electron chi connectivity index (χ1n) is 8.48. The van der Waals surface area contributed by atoms with Crippen molar-refractivity contribution in [2.75, 3.05) is 5.75 Å². The molecule has 1 aromatic heterocycles. The molecular formula is C21H15NO3S. The number of para-hydroxylation sites is 2. The lowest BCUT2D eigenvalue weighted by atomic mass is 9.90. The summed E-state index contributed by atoms with van der Waals surface area (Å²) in [6.45, 7) is 0. The first-order valence-corrected chi connectivity index (χ1v) is 9.47. The van der Waals surface area contributed by atoms with Gasteiger partial charge in [0.2, 0.25) is 0 Å². The molecule has 128 valence electrons. The van der Waals surface area contributed by atoms with Gasteiger partial charge in [-0.3, -0.25) is 4.79 Å². The molecule has 1 aliphatic heterocycles. The average Bonchev–Trinajstić information content (AvgIpc) is 3.08. The number of fused-ring (bicyclic) bond motifs is 4. The van der Waals surface area contributed by atoms with Gasteiger partial charge in [-0.25, -0.2) is 4.98 Å². The van der Waals surface area contributed by atoms with E-state index < -0.39 is 0 Å². The van der Waals surface area contributed by atoms with Gasteiger partial charge in [0, 0.05) is 17.2 Å². The summed E-state index contributed by atoms with van der Waals surface area (Å²) in [7, 11) is 0. The maximum absolute atomic E-state index is 12.1. The highest BCUT2D eigenvalue weighted by Gasteiger charge is 2.29. The van der Waals surface area contributed by atoms with Crippen molar-refractivity contribution in [3.8, 4) is 5.75 Å². The minimum absolute atomic E-state index is 0.0670. The zero-order valence-electron chi connectivity index (χ0n) is 13.8. The van der Waals surface area contributed by atoms with Crippen LogP contribution < -0.4 is 4.74 Å². The van der Waals surface area contributed by atoms with Gasteiger partial charge in [0.15, 0.2) is 5.58 Å². The van der Waals surface area contributed by atoms with Crippen molar-refractivity contribution < 1.29 is 13.9 Å². The van der Waals surface area contributed by atoms with Crippen molar-refractivity contribution in [1.82, 2.24) is 4.98 Å². The van der Waals surface area contributed by atoms with Crippen LogP contribution in [0.4, 0.5) is 0 Å². The van der Waals surface area contributed by atoms with Crippen LogP contribution in [0.2, 0.25) is 0 Å². The molecule has 0 amide bonds. The Bertz CT molecular complexity index is 1100. The van der Waals surface area contributed by atoms with Crippen LogP contribution in [0.25, 0.3) is 21.9 Å². The summed E-state index contributed by atoms with van der Waals surface area (Å²) in [5, 5.41) is 2.92. The van der Waals surface area contributed by atoms with E-state index in [1.165, 1.54) is 0 Å². The van der Waals surface area contributed by atoms with Gasteiger partial charge >= 0.3 is 5.97 Å². The third kappa shape index (κ3) is 2.65. The van der Waals surface area contributed by atoms with Crippen LogP contribution in [0.3, 0.4) is 0 Å². The molecule has 2 heterocycles. The van der Waals surface area contributed by atoms with E-state index in [1.54, 1.807) is 11.8 Å². The predicted octanol–water partition coefficient (Wildman–Crippen LogP) is 5.17. The number of rotatable bonds is 3. The van der Waals surface area contributed by atoms with Gasteiger partial charge in [0.05, 0.1) is 6.42 Å². The number of benzene rings is 3. The Hall–Kier alpha value is -2.79. The number of carbonyl (C=O) groups is 1. The molecule has 0 bridgehead atoms. The zero-order valence-corrected chi connectivity index (χ0v) is 14.7. The fraction of sp³-hybridized carbons (Fsp3) is 0.143. The molecular weight excluding hydrogens is 346 g/mol. The lowest BCUT2D eigenvalue weighted by Crippen LogP contribution is -2.21. The van der Waals surface area contributed by atoms with E-state index >= 15 is 0 Å². The highest BCUT2D eigenvalue weighted by molar-refractivity contribution is 7.99. The van der Waals surface area contributed by atoms with Gasteiger partial charge in [0.25, 0.3) is 5.22 Å². The molecule has 0 saturated heterocycles. The lowest BCUT2D eigenvalue weighted by Gasteiger charge is -2.25. The topological polar surface area (TPSA) is 52.3 Å². The molecule has 0 spiro atoms. The fourth-order valence-electron chi connectivity index (χ4n) is 3.48. The van der Waals surface area contributed by atoms with Crippen molar-refractivity contribution in [1.29, 1.82) is 0 Å². The molecule has 1 atom stereocenters. The number of aromatic nitrogens is 1. The van der Waals surface area contributed by atoms with Gasteiger partial charge in [-0.2, -0.15) is 0 Å². The number of thioether (sulfide) groups is 1. The Morgan fingerprint density at radius 3 is 2.81 bits per heavy atom. The number of nitrogens with zero attached hydrogens (tertiary/aromatic N) is 1. The van der Waals surface area contributed by atoms with Crippen LogP contribution in [-0.4, -0.2) is 16.7 Å². The lowest BCUT2D eigenvalue weighted by molar-refractivity contribution is -0.135. The summed E-state index contributed by atoms with van der Waals surface area (Å²) < 4.78 is 11.3. The number of hydrogen-bond donors (Lipinski definition) is 0. The summed E-state index contributed by atoms with van der Waals surface area (Å²) in [6, 6.07) is 19.8. The maximum atomic E-state index is 12.1. The Balaban J connectivity index is 1.49. The molecule has 0 fully saturated rings. The fourth-order valence-corrected chi connectivity index (χ4v) is 4.42. The Labute approximate surface area is 154 Å². The van der Waals surface area contributed by atoms with Crippen molar-refractivity contribution in [3.05, 3.63) is 66.2 Å². The summed E-state index contributed by atoms with van der Waals surface area (Å²) in [4.78, 5) is 16.6. The summed E-state index contributed by atoms with van der Waals surface area (Å²) in [6.07, 6.45) is 0.369. The van der Waals surface area contributed by atoms with E-state index in [-0.39, 0.29) is 11.9 Å². The molecule has 26 heavy (non-hydrogen) atoms.